The normalized spacial score (nSPS) is 10.9. The molecule has 0 spiro atoms. The highest BCUT2D eigenvalue weighted by Gasteiger charge is 2.15. The largest absolute Gasteiger partial charge is 0.491 e. The number of benzene rings is 1. The summed E-state index contributed by atoms with van der Waals surface area (Å²) in [7, 11) is 0. The van der Waals surface area contributed by atoms with Crippen LogP contribution in [0.5, 0.6) is 5.75 Å². The summed E-state index contributed by atoms with van der Waals surface area (Å²) in [6.07, 6.45) is -0.0111. The monoisotopic (exact) mass is 338 g/mol. The number of carbonyl (C=O) groups is 1. The summed E-state index contributed by atoms with van der Waals surface area (Å²) in [4.78, 5) is 28.7. The molecule has 3 aromatic rings. The van der Waals surface area contributed by atoms with Crippen molar-refractivity contribution >= 4 is 22.7 Å². The van der Waals surface area contributed by atoms with Gasteiger partial charge in [0.2, 0.25) is 0 Å². The molecule has 0 unspecified atom stereocenters. The summed E-state index contributed by atoms with van der Waals surface area (Å²) >= 11 is 0. The molecule has 6 heteroatoms. The van der Waals surface area contributed by atoms with Gasteiger partial charge < -0.3 is 14.5 Å². The van der Waals surface area contributed by atoms with Crippen molar-refractivity contribution in [3.63, 3.8) is 0 Å². The number of rotatable bonds is 4. The van der Waals surface area contributed by atoms with Gasteiger partial charge in [0.1, 0.15) is 17.2 Å². The molecule has 0 bridgehead atoms. The molecule has 0 saturated heterocycles. The predicted octanol–water partition coefficient (Wildman–Crippen LogP) is 3.54. The minimum Gasteiger partial charge on any atom is -0.491 e. The predicted molar refractivity (Wildman–Crippen MR) is 95.2 cm³/mol. The summed E-state index contributed by atoms with van der Waals surface area (Å²) in [6.45, 7) is 5.64. The Morgan fingerprint density at radius 2 is 2.00 bits per heavy atom. The summed E-state index contributed by atoms with van der Waals surface area (Å²) in [5, 5.41) is 3.23. The van der Waals surface area contributed by atoms with Gasteiger partial charge in [-0.2, -0.15) is 0 Å². The first kappa shape index (κ1) is 16.7. The number of hydrogen-bond acceptors (Lipinski definition) is 5. The van der Waals surface area contributed by atoms with Crippen LogP contribution in [0.2, 0.25) is 0 Å². The van der Waals surface area contributed by atoms with Crippen molar-refractivity contribution in [2.24, 2.45) is 0 Å². The molecule has 128 valence electrons. The standard InChI is InChI=1S/C19H18N2O4/c1-11(2)24-13-7-8-14-15(10-18(22)25-16(14)9-13)19(23)21-17-6-4-5-12(3)20-17/h4-11H,1-3H3,(H,20,21,23). The van der Waals surface area contributed by atoms with Crippen molar-refractivity contribution in [2.45, 2.75) is 26.9 Å². The highest BCUT2D eigenvalue weighted by molar-refractivity contribution is 6.11. The Morgan fingerprint density at radius 1 is 1.20 bits per heavy atom. The third-order valence-electron chi connectivity index (χ3n) is 3.46. The zero-order valence-corrected chi connectivity index (χ0v) is 14.2. The first-order chi connectivity index (χ1) is 11.9. The van der Waals surface area contributed by atoms with Crippen LogP contribution in [-0.4, -0.2) is 17.0 Å². The van der Waals surface area contributed by atoms with Gasteiger partial charge in [0, 0.05) is 23.2 Å². The lowest BCUT2D eigenvalue weighted by Crippen LogP contribution is -2.16. The van der Waals surface area contributed by atoms with Crippen molar-refractivity contribution in [3.8, 4) is 5.75 Å². The minimum atomic E-state index is -0.600. The van der Waals surface area contributed by atoms with Crippen molar-refractivity contribution in [1.82, 2.24) is 4.98 Å². The lowest BCUT2D eigenvalue weighted by atomic mass is 10.1. The fourth-order valence-corrected chi connectivity index (χ4v) is 2.47. The average Bonchev–Trinajstić information content (AvgIpc) is 2.53. The van der Waals surface area contributed by atoms with Gasteiger partial charge in [0.05, 0.1) is 11.7 Å². The van der Waals surface area contributed by atoms with Gasteiger partial charge in [0.25, 0.3) is 5.91 Å². The molecule has 0 fully saturated rings. The van der Waals surface area contributed by atoms with E-state index in [1.54, 1.807) is 30.3 Å². The first-order valence-corrected chi connectivity index (χ1v) is 7.92. The number of fused-ring (bicyclic) bond motifs is 1. The number of ether oxygens (including phenoxy) is 1. The number of hydrogen-bond donors (Lipinski definition) is 1. The molecule has 0 aliphatic carbocycles. The number of aromatic nitrogens is 1. The van der Waals surface area contributed by atoms with Crippen LogP contribution < -0.4 is 15.7 Å². The Kier molecular flexibility index (Phi) is 4.52. The second kappa shape index (κ2) is 6.76. The third-order valence-corrected chi connectivity index (χ3v) is 3.46. The zero-order valence-electron chi connectivity index (χ0n) is 14.2. The molecular weight excluding hydrogens is 320 g/mol. The topological polar surface area (TPSA) is 81.4 Å². The van der Waals surface area contributed by atoms with E-state index in [0.717, 1.165) is 5.69 Å². The molecule has 25 heavy (non-hydrogen) atoms. The Balaban J connectivity index is 2.00. The van der Waals surface area contributed by atoms with E-state index in [0.29, 0.717) is 22.5 Å². The summed E-state index contributed by atoms with van der Waals surface area (Å²) < 4.78 is 10.8. The highest BCUT2D eigenvalue weighted by atomic mass is 16.5. The van der Waals surface area contributed by atoms with Crippen LogP contribution in [0.3, 0.4) is 0 Å². The number of pyridine rings is 1. The molecule has 1 amide bonds. The molecule has 0 aliphatic heterocycles. The number of nitrogens with zero attached hydrogens (tertiary/aromatic N) is 1. The molecule has 1 aromatic carbocycles. The van der Waals surface area contributed by atoms with E-state index in [-0.39, 0.29) is 11.7 Å². The van der Waals surface area contributed by atoms with E-state index in [4.69, 9.17) is 9.15 Å². The molecule has 2 heterocycles. The third kappa shape index (κ3) is 3.85. The van der Waals surface area contributed by atoms with Gasteiger partial charge in [0.15, 0.2) is 0 Å². The maximum absolute atomic E-state index is 12.6. The Labute approximate surface area is 144 Å². The van der Waals surface area contributed by atoms with E-state index in [1.807, 2.05) is 26.8 Å². The van der Waals surface area contributed by atoms with Crippen molar-refractivity contribution < 1.29 is 13.9 Å². The SMILES string of the molecule is Cc1cccc(NC(=O)c2cc(=O)oc3cc(OC(C)C)ccc23)n1. The molecule has 1 N–H and O–H groups in total. The van der Waals surface area contributed by atoms with E-state index < -0.39 is 11.5 Å². The lowest BCUT2D eigenvalue weighted by molar-refractivity contribution is 0.102. The lowest BCUT2D eigenvalue weighted by Gasteiger charge is -2.11. The van der Waals surface area contributed by atoms with E-state index in [9.17, 15) is 9.59 Å². The van der Waals surface area contributed by atoms with Gasteiger partial charge in [-0.15, -0.1) is 0 Å². The quantitative estimate of drug-likeness (QED) is 0.736. The molecule has 3 rings (SSSR count). The van der Waals surface area contributed by atoms with Crippen LogP contribution in [-0.2, 0) is 0 Å². The zero-order chi connectivity index (χ0) is 18.0. The highest BCUT2D eigenvalue weighted by Crippen LogP contribution is 2.24. The van der Waals surface area contributed by atoms with Crippen LogP contribution in [0.25, 0.3) is 11.0 Å². The van der Waals surface area contributed by atoms with Gasteiger partial charge in [-0.25, -0.2) is 9.78 Å². The maximum Gasteiger partial charge on any atom is 0.337 e. The molecule has 2 aromatic heterocycles. The fraction of sp³-hybridized carbons (Fsp3) is 0.211. The summed E-state index contributed by atoms with van der Waals surface area (Å²) in [6, 6.07) is 11.5. The van der Waals surface area contributed by atoms with Crippen molar-refractivity contribution in [1.29, 1.82) is 0 Å². The molecule has 0 aliphatic rings. The Morgan fingerprint density at radius 3 is 2.72 bits per heavy atom. The minimum absolute atomic E-state index is 0.0111. The first-order valence-electron chi connectivity index (χ1n) is 7.92. The van der Waals surface area contributed by atoms with Gasteiger partial charge in [-0.05, 0) is 45.0 Å². The Bertz CT molecular complexity index is 992. The van der Waals surface area contributed by atoms with Crippen LogP contribution in [0.1, 0.15) is 29.9 Å². The Hall–Kier alpha value is -3.15. The van der Waals surface area contributed by atoms with E-state index >= 15 is 0 Å². The second-order valence-electron chi connectivity index (χ2n) is 5.92. The van der Waals surface area contributed by atoms with E-state index in [1.165, 1.54) is 6.07 Å². The fourth-order valence-electron chi connectivity index (χ4n) is 2.47. The number of nitrogens with one attached hydrogen (secondary N) is 1. The number of aryl methyl sites for hydroxylation is 1. The summed E-state index contributed by atoms with van der Waals surface area (Å²) in [5.41, 5.74) is 0.709. The maximum atomic E-state index is 12.6. The summed E-state index contributed by atoms with van der Waals surface area (Å²) in [5.74, 6) is 0.572. The van der Waals surface area contributed by atoms with Crippen molar-refractivity contribution in [3.05, 3.63) is 64.1 Å². The second-order valence-corrected chi connectivity index (χ2v) is 5.92. The van der Waals surface area contributed by atoms with Crippen LogP contribution in [0, 0.1) is 6.92 Å². The molecule has 0 atom stereocenters. The van der Waals surface area contributed by atoms with Gasteiger partial charge >= 0.3 is 5.63 Å². The molecule has 0 saturated carbocycles. The van der Waals surface area contributed by atoms with Crippen LogP contribution >= 0.6 is 0 Å². The van der Waals surface area contributed by atoms with Gasteiger partial charge in [-0.3, -0.25) is 4.79 Å². The van der Waals surface area contributed by atoms with Gasteiger partial charge in [-0.1, -0.05) is 6.07 Å². The van der Waals surface area contributed by atoms with Crippen molar-refractivity contribution in [2.75, 3.05) is 5.32 Å². The molecular formula is C19H18N2O4. The smallest absolute Gasteiger partial charge is 0.337 e. The number of anilines is 1. The van der Waals surface area contributed by atoms with Crippen LogP contribution in [0.15, 0.2) is 51.7 Å². The molecule has 6 nitrogen and oxygen atoms in total. The van der Waals surface area contributed by atoms with Crippen LogP contribution in [0.4, 0.5) is 5.82 Å². The number of carbonyl (C=O) groups excluding carboxylic acids is 1. The number of amides is 1. The average molecular weight is 338 g/mol. The van der Waals surface area contributed by atoms with E-state index in [2.05, 4.69) is 10.3 Å². The molecule has 0 radical (unpaired) electrons.